The highest BCUT2D eigenvalue weighted by atomic mass is 16.6. The molecule has 8 nitrogen and oxygen atoms in total. The summed E-state index contributed by atoms with van der Waals surface area (Å²) in [7, 11) is 1.59. The Morgan fingerprint density at radius 3 is 2.42 bits per heavy atom. The van der Waals surface area contributed by atoms with E-state index >= 15 is 0 Å². The van der Waals surface area contributed by atoms with Gasteiger partial charge in [-0.2, -0.15) is 0 Å². The first-order valence-corrected chi connectivity index (χ1v) is 11.0. The number of rotatable bonds is 9. The number of nitrogens with one attached hydrogen (secondary N) is 1. The van der Waals surface area contributed by atoms with Crippen LogP contribution in [0.4, 0.5) is 5.69 Å². The fourth-order valence-electron chi connectivity index (χ4n) is 3.77. The highest BCUT2D eigenvalue weighted by Gasteiger charge is 2.39. The zero-order valence-electron chi connectivity index (χ0n) is 19.1. The summed E-state index contributed by atoms with van der Waals surface area (Å²) in [4.78, 5) is 27.8. The Bertz CT molecular complexity index is 1060. The lowest BCUT2D eigenvalue weighted by Crippen LogP contribution is -2.33. The fraction of sp³-hybridized carbons (Fsp3) is 0.360. The summed E-state index contributed by atoms with van der Waals surface area (Å²) in [6.07, 6.45) is 0.591. The van der Waals surface area contributed by atoms with Crippen LogP contribution in [0.1, 0.15) is 25.8 Å². The first kappa shape index (κ1) is 22.7. The second kappa shape index (κ2) is 9.95. The number of fused-ring (bicyclic) bond motifs is 1. The number of hydrogen-bond donors (Lipinski definition) is 1. The number of ether oxygens (including phenoxy) is 4. The number of methoxy groups -OCH3 is 1. The van der Waals surface area contributed by atoms with Gasteiger partial charge >= 0.3 is 0 Å². The number of nitrogens with zero attached hydrogens (tertiary/aromatic N) is 1. The quantitative estimate of drug-likeness (QED) is 0.461. The summed E-state index contributed by atoms with van der Waals surface area (Å²) >= 11 is 0. The van der Waals surface area contributed by atoms with Crippen LogP contribution in [0.15, 0.2) is 48.2 Å². The van der Waals surface area contributed by atoms with Gasteiger partial charge < -0.3 is 24.3 Å². The van der Waals surface area contributed by atoms with E-state index in [-0.39, 0.29) is 30.2 Å². The summed E-state index contributed by atoms with van der Waals surface area (Å²) in [6, 6.07) is 12.5. The lowest BCUT2D eigenvalue weighted by Gasteiger charge is -2.19. The minimum absolute atomic E-state index is 0.0356. The molecule has 4 rings (SSSR count). The van der Waals surface area contributed by atoms with E-state index in [1.165, 1.54) is 4.90 Å². The topological polar surface area (TPSA) is 86.3 Å². The van der Waals surface area contributed by atoms with Gasteiger partial charge in [-0.25, -0.2) is 0 Å². The molecule has 0 atom stereocenters. The van der Waals surface area contributed by atoms with Gasteiger partial charge in [-0.3, -0.25) is 14.5 Å². The third kappa shape index (κ3) is 4.96. The Balaban J connectivity index is 1.67. The van der Waals surface area contributed by atoms with E-state index in [1.807, 2.05) is 13.8 Å². The molecule has 2 aliphatic heterocycles. The van der Waals surface area contributed by atoms with E-state index in [4.69, 9.17) is 18.9 Å². The third-order valence-corrected chi connectivity index (χ3v) is 5.22. The van der Waals surface area contributed by atoms with Gasteiger partial charge in [-0.15, -0.1) is 0 Å². The SMILES string of the molecule is COCCCN1C(=O)C(Nc2ccc3c(c2)OCCO3)=C(c2ccc(OC(C)C)cc2)C1=O. The number of benzene rings is 2. The number of amides is 2. The van der Waals surface area contributed by atoms with Crippen molar-refractivity contribution in [2.24, 2.45) is 0 Å². The number of hydrogen-bond acceptors (Lipinski definition) is 7. The summed E-state index contributed by atoms with van der Waals surface area (Å²) in [5.74, 6) is 1.23. The van der Waals surface area contributed by atoms with Crippen LogP contribution < -0.4 is 19.5 Å². The summed E-state index contributed by atoms with van der Waals surface area (Å²) in [5, 5.41) is 3.16. The molecule has 0 spiro atoms. The number of imide groups is 1. The summed E-state index contributed by atoms with van der Waals surface area (Å²) < 4.78 is 22.0. The van der Waals surface area contributed by atoms with E-state index in [0.29, 0.717) is 60.3 Å². The molecule has 174 valence electrons. The smallest absolute Gasteiger partial charge is 0.278 e. The Kier molecular flexibility index (Phi) is 6.84. The van der Waals surface area contributed by atoms with Gasteiger partial charge in [0.2, 0.25) is 0 Å². The lowest BCUT2D eigenvalue weighted by molar-refractivity contribution is -0.137. The molecule has 0 fully saturated rings. The van der Waals surface area contributed by atoms with Gasteiger partial charge in [0.15, 0.2) is 11.5 Å². The van der Waals surface area contributed by atoms with Crippen molar-refractivity contribution in [3.63, 3.8) is 0 Å². The number of carbonyl (C=O) groups excluding carboxylic acids is 2. The maximum atomic E-state index is 13.3. The van der Waals surface area contributed by atoms with Gasteiger partial charge in [0.1, 0.15) is 24.7 Å². The maximum Gasteiger partial charge on any atom is 0.278 e. The molecule has 1 N–H and O–H groups in total. The maximum absolute atomic E-state index is 13.3. The van der Waals surface area contributed by atoms with Crippen LogP contribution in [-0.2, 0) is 14.3 Å². The normalized spacial score (nSPS) is 15.5. The molecular formula is C25H28N2O6. The molecule has 0 saturated carbocycles. The molecule has 2 aliphatic rings. The van der Waals surface area contributed by atoms with E-state index < -0.39 is 0 Å². The highest BCUT2D eigenvalue weighted by molar-refractivity contribution is 6.36. The number of carbonyl (C=O) groups is 2. The minimum atomic E-state index is -0.372. The Hall–Kier alpha value is -3.52. The second-order valence-corrected chi connectivity index (χ2v) is 8.03. The average molecular weight is 453 g/mol. The van der Waals surface area contributed by atoms with Gasteiger partial charge in [-0.05, 0) is 50.1 Å². The molecule has 8 heteroatoms. The van der Waals surface area contributed by atoms with Crippen LogP contribution in [0.5, 0.6) is 17.2 Å². The van der Waals surface area contributed by atoms with E-state index in [9.17, 15) is 9.59 Å². The van der Waals surface area contributed by atoms with Gasteiger partial charge in [0, 0.05) is 32.0 Å². The molecular weight excluding hydrogens is 424 g/mol. The van der Waals surface area contributed by atoms with Crippen molar-refractivity contribution in [3.05, 3.63) is 53.7 Å². The van der Waals surface area contributed by atoms with E-state index in [1.54, 1.807) is 49.6 Å². The third-order valence-electron chi connectivity index (χ3n) is 5.22. The molecule has 2 aromatic carbocycles. The molecule has 2 aromatic rings. The summed E-state index contributed by atoms with van der Waals surface area (Å²) in [5.41, 5.74) is 1.82. The van der Waals surface area contributed by atoms with Crippen molar-refractivity contribution in [3.8, 4) is 17.2 Å². The van der Waals surface area contributed by atoms with Crippen LogP contribution >= 0.6 is 0 Å². The first-order chi connectivity index (χ1) is 16.0. The van der Waals surface area contributed by atoms with Gasteiger partial charge in [-0.1, -0.05) is 12.1 Å². The average Bonchev–Trinajstić information content (AvgIpc) is 3.03. The van der Waals surface area contributed by atoms with Crippen molar-refractivity contribution in [1.29, 1.82) is 0 Å². The minimum Gasteiger partial charge on any atom is -0.491 e. The lowest BCUT2D eigenvalue weighted by atomic mass is 10.0. The zero-order valence-corrected chi connectivity index (χ0v) is 19.1. The first-order valence-electron chi connectivity index (χ1n) is 11.0. The molecule has 33 heavy (non-hydrogen) atoms. The monoisotopic (exact) mass is 452 g/mol. The van der Waals surface area contributed by atoms with E-state index in [0.717, 1.165) is 0 Å². The summed E-state index contributed by atoms with van der Waals surface area (Å²) in [6.45, 7) is 5.58. The molecule has 0 saturated heterocycles. The molecule has 0 unspecified atom stereocenters. The van der Waals surface area contributed by atoms with Crippen molar-refractivity contribution in [1.82, 2.24) is 4.90 Å². The predicted molar refractivity (Wildman–Crippen MR) is 123 cm³/mol. The Labute approximate surface area is 193 Å². The van der Waals surface area contributed by atoms with E-state index in [2.05, 4.69) is 5.32 Å². The number of anilines is 1. The van der Waals surface area contributed by atoms with Crippen molar-refractivity contribution >= 4 is 23.1 Å². The zero-order chi connectivity index (χ0) is 23.4. The van der Waals surface area contributed by atoms with Gasteiger partial charge in [0.25, 0.3) is 11.8 Å². The van der Waals surface area contributed by atoms with Crippen LogP contribution in [-0.4, -0.2) is 56.3 Å². The Morgan fingerprint density at radius 1 is 1.00 bits per heavy atom. The van der Waals surface area contributed by atoms with Crippen LogP contribution in [0.2, 0.25) is 0 Å². The van der Waals surface area contributed by atoms with Crippen molar-refractivity contribution < 1.29 is 28.5 Å². The largest absolute Gasteiger partial charge is 0.491 e. The molecule has 0 radical (unpaired) electrons. The predicted octanol–water partition coefficient (Wildman–Crippen LogP) is 3.47. The van der Waals surface area contributed by atoms with Crippen LogP contribution in [0.25, 0.3) is 5.57 Å². The van der Waals surface area contributed by atoms with Crippen molar-refractivity contribution in [2.75, 3.05) is 38.8 Å². The van der Waals surface area contributed by atoms with Crippen LogP contribution in [0.3, 0.4) is 0 Å². The second-order valence-electron chi connectivity index (χ2n) is 8.03. The fourth-order valence-corrected chi connectivity index (χ4v) is 3.77. The van der Waals surface area contributed by atoms with Crippen molar-refractivity contribution in [2.45, 2.75) is 26.4 Å². The molecule has 0 bridgehead atoms. The molecule has 2 amide bonds. The van der Waals surface area contributed by atoms with Gasteiger partial charge in [0.05, 0.1) is 11.7 Å². The molecule has 0 aromatic heterocycles. The highest BCUT2D eigenvalue weighted by Crippen LogP contribution is 2.36. The molecule has 0 aliphatic carbocycles. The van der Waals surface area contributed by atoms with Crippen LogP contribution in [0, 0.1) is 0 Å². The standard InChI is InChI=1S/C25H28N2O6/c1-16(2)33-19-8-5-17(6-9-19)22-23(25(29)27(24(22)28)11-4-12-30-3)26-18-7-10-20-21(15-18)32-14-13-31-20/h5-10,15-16,26H,4,11-14H2,1-3H3. The molecule has 2 heterocycles. The Morgan fingerprint density at radius 2 is 1.73 bits per heavy atom.